The molecule has 0 aromatic heterocycles. The Labute approximate surface area is 228 Å². The largest absolute Gasteiger partial charge is 0 e. The number of ether oxygens (including phenoxy) is 1. The first-order chi connectivity index (χ1) is 17.3. The third-order valence-corrected chi connectivity index (χ3v) is 6.32. The summed E-state index contributed by atoms with van der Waals surface area (Å²) in [6.07, 6.45) is -0.827. The maximum Gasteiger partial charge on any atom is 0 e. The van der Waals surface area contributed by atoms with Gasteiger partial charge in [-0.05, 0) is 42.7 Å². The Morgan fingerprint density at radius 2 is 1.30 bits per heavy atom. The zero-order chi connectivity index (χ0) is 27.7. The zero-order valence-corrected chi connectivity index (χ0v) is 22.4. The summed E-state index contributed by atoms with van der Waals surface area (Å²) < 4.78 is 57.3. The van der Waals surface area contributed by atoms with Crippen LogP contribution in [0.2, 0.25) is 0 Å². The summed E-state index contributed by atoms with van der Waals surface area (Å²) in [4.78, 5) is 12.1. The van der Waals surface area contributed by atoms with Gasteiger partial charge in [-0.25, -0.2) is 8.42 Å². The van der Waals surface area contributed by atoms with Crippen molar-refractivity contribution in [3.63, 3.8) is 0 Å². The summed E-state index contributed by atoms with van der Waals surface area (Å²) >= 11 is 0. The molecule has 0 radical (unpaired) electrons. The minimum Gasteiger partial charge on any atom is 0 e. The van der Waals surface area contributed by atoms with Crippen LogP contribution >= 0.6 is 0 Å². The predicted molar refractivity (Wildman–Crippen MR) is 128 cm³/mol. The van der Waals surface area contributed by atoms with Crippen molar-refractivity contribution in [3.8, 4) is 0 Å². The van der Waals surface area contributed by atoms with Crippen LogP contribution in [0.4, 0.5) is 0 Å². The standard InChI is InChI=1S/C24H25NO4S.3CO.Cr/c1-17-13-15-21(16-14-17)30(27,28)25-23(20-10-5-4-6-11-20)24(29-19(3)26)22-12-8-7-9-18(22)2;3*1-2;/h4-16,23-25H,1-3H3;;;;/t23-,24-;;;;/m1..../s1. The second-order valence-electron chi connectivity index (χ2n) is 7.21. The molecule has 0 unspecified atom stereocenters. The van der Waals surface area contributed by atoms with E-state index in [4.69, 9.17) is 18.7 Å². The molecule has 0 heterocycles. The van der Waals surface area contributed by atoms with E-state index >= 15 is 0 Å². The number of nitrogens with one attached hydrogen (secondary N) is 1. The fourth-order valence-corrected chi connectivity index (χ4v) is 4.54. The second-order valence-corrected chi connectivity index (χ2v) is 8.92. The Morgan fingerprint density at radius 3 is 1.78 bits per heavy atom. The second kappa shape index (κ2) is 19.0. The SMILES string of the molecule is CC(=O)O[C@H](c1ccccc1C)[C@H](NS(=O)(=O)c1ccc(C)cc1)c1ccccc1.[C-]#[O+].[C-]#[O+].[C-]#[O+].[Cr]. The molecule has 0 bridgehead atoms. The fraction of sp³-hybridized carbons (Fsp3) is 0.185. The molecule has 3 aromatic rings. The molecule has 192 valence electrons. The molecule has 0 amide bonds. The van der Waals surface area contributed by atoms with Gasteiger partial charge in [0.1, 0.15) is 6.10 Å². The topological polar surface area (TPSA) is 132 Å². The Kier molecular flexibility index (Phi) is 18.4. The molecule has 0 aliphatic rings. The summed E-state index contributed by atoms with van der Waals surface area (Å²) in [6.45, 7) is 18.6. The number of benzene rings is 3. The van der Waals surface area contributed by atoms with Crippen molar-refractivity contribution in [2.45, 2.75) is 37.8 Å². The molecule has 0 fully saturated rings. The molecule has 3 aromatic carbocycles. The van der Waals surface area contributed by atoms with Gasteiger partial charge >= 0.3 is 39.9 Å². The fourth-order valence-electron chi connectivity index (χ4n) is 3.31. The van der Waals surface area contributed by atoms with Gasteiger partial charge in [0.25, 0.3) is 0 Å². The van der Waals surface area contributed by atoms with E-state index in [2.05, 4.69) is 24.7 Å². The molecular weight excluding hydrogens is 534 g/mol. The van der Waals surface area contributed by atoms with Crippen molar-refractivity contribution >= 4 is 16.0 Å². The van der Waals surface area contributed by atoms with Gasteiger partial charge in [-0.1, -0.05) is 72.3 Å². The van der Waals surface area contributed by atoms with Crippen molar-refractivity contribution in [1.29, 1.82) is 0 Å². The van der Waals surface area contributed by atoms with Crippen LogP contribution in [-0.4, -0.2) is 14.4 Å². The maximum atomic E-state index is 13.2. The summed E-state index contributed by atoms with van der Waals surface area (Å²) in [5, 5.41) is 0. The van der Waals surface area contributed by atoms with Crippen molar-refractivity contribution < 1.29 is 49.3 Å². The molecule has 8 nitrogen and oxygen atoms in total. The van der Waals surface area contributed by atoms with Crippen LogP contribution in [-0.2, 0) is 50.9 Å². The van der Waals surface area contributed by atoms with Crippen LogP contribution in [0.5, 0.6) is 0 Å². The average Bonchev–Trinajstić information content (AvgIpc) is 2.91. The van der Waals surface area contributed by atoms with Crippen molar-refractivity contribution in [2.75, 3.05) is 0 Å². The number of sulfonamides is 1. The van der Waals surface area contributed by atoms with Gasteiger partial charge in [-0.3, -0.25) is 4.79 Å². The number of hydrogen-bond acceptors (Lipinski definition) is 4. The molecule has 3 rings (SSSR count). The molecule has 0 saturated heterocycles. The average molecular weight is 560 g/mol. The van der Waals surface area contributed by atoms with Gasteiger partial charge in [-0.2, -0.15) is 4.72 Å². The minimum atomic E-state index is -3.87. The van der Waals surface area contributed by atoms with Crippen molar-refractivity contribution in [3.05, 3.63) is 121 Å². The number of esters is 1. The number of carbonyl (C=O) groups is 1. The molecule has 0 saturated carbocycles. The van der Waals surface area contributed by atoms with Gasteiger partial charge in [0.2, 0.25) is 10.0 Å². The van der Waals surface area contributed by atoms with E-state index in [0.29, 0.717) is 5.56 Å². The number of aryl methyl sites for hydroxylation is 2. The summed E-state index contributed by atoms with van der Waals surface area (Å²) in [7, 11) is -3.87. The van der Waals surface area contributed by atoms with E-state index in [1.165, 1.54) is 6.92 Å². The number of carbonyl (C=O) groups excluding carboxylic acids is 1. The van der Waals surface area contributed by atoms with E-state index in [0.717, 1.165) is 16.7 Å². The number of rotatable bonds is 7. The van der Waals surface area contributed by atoms with Crippen LogP contribution in [0, 0.1) is 33.8 Å². The van der Waals surface area contributed by atoms with Crippen LogP contribution in [0.15, 0.2) is 83.8 Å². The Hall–Kier alpha value is -3.21. The smallest absolute Gasteiger partial charge is 0 e. The normalized spacial score (nSPS) is 11.1. The first kappa shape index (κ1) is 36.0. The zero-order valence-electron chi connectivity index (χ0n) is 20.3. The van der Waals surface area contributed by atoms with Crippen molar-refractivity contribution in [2.24, 2.45) is 0 Å². The summed E-state index contributed by atoms with van der Waals surface area (Å²) in [5.74, 6) is -0.487. The van der Waals surface area contributed by atoms with Gasteiger partial charge in [0.15, 0.2) is 0 Å². The molecule has 0 aliphatic carbocycles. The van der Waals surface area contributed by atoms with Gasteiger partial charge in [-0.15, -0.1) is 0 Å². The van der Waals surface area contributed by atoms with Gasteiger partial charge in [0, 0.05) is 24.3 Å². The van der Waals surface area contributed by atoms with E-state index in [9.17, 15) is 13.2 Å². The Balaban J connectivity index is 0. The minimum absolute atomic E-state index is 0. The van der Waals surface area contributed by atoms with Crippen LogP contribution < -0.4 is 4.72 Å². The third kappa shape index (κ3) is 11.2. The van der Waals surface area contributed by atoms with Crippen LogP contribution in [0.1, 0.15) is 41.3 Å². The third-order valence-electron chi connectivity index (χ3n) is 4.86. The summed E-state index contributed by atoms with van der Waals surface area (Å²) in [6, 6.07) is 22.4. The molecule has 37 heavy (non-hydrogen) atoms. The first-order valence-corrected chi connectivity index (χ1v) is 11.7. The van der Waals surface area contributed by atoms with E-state index < -0.39 is 28.1 Å². The molecule has 10 heteroatoms. The molecule has 0 spiro atoms. The molecule has 1 N–H and O–H groups in total. The van der Waals surface area contributed by atoms with E-state index in [-0.39, 0.29) is 22.3 Å². The van der Waals surface area contributed by atoms with Crippen molar-refractivity contribution in [1.82, 2.24) is 4.72 Å². The van der Waals surface area contributed by atoms with E-state index in [1.54, 1.807) is 24.3 Å². The number of hydrogen-bond donors (Lipinski definition) is 1. The van der Waals surface area contributed by atoms with Crippen LogP contribution in [0.25, 0.3) is 0 Å². The molecule has 0 aliphatic heterocycles. The first-order valence-electron chi connectivity index (χ1n) is 10.3. The maximum absolute atomic E-state index is 13.2. The predicted octanol–water partition coefficient (Wildman–Crippen LogP) is 4.51. The van der Waals surface area contributed by atoms with E-state index in [1.807, 2.05) is 68.4 Å². The van der Waals surface area contributed by atoms with Crippen LogP contribution in [0.3, 0.4) is 0 Å². The Bertz CT molecular complexity index is 1240. The Morgan fingerprint density at radius 1 is 0.811 bits per heavy atom. The molecule has 2 atom stereocenters. The quantitative estimate of drug-likeness (QED) is 0.259. The molecular formula is C27H25CrNO7S. The van der Waals surface area contributed by atoms with Gasteiger partial charge < -0.3 is 4.74 Å². The summed E-state index contributed by atoms with van der Waals surface area (Å²) in [5.41, 5.74) is 3.31. The monoisotopic (exact) mass is 559 g/mol. The van der Waals surface area contributed by atoms with Gasteiger partial charge in [0.05, 0.1) is 10.9 Å².